The summed E-state index contributed by atoms with van der Waals surface area (Å²) in [6.45, 7) is 7.79. The minimum Gasteiger partial charge on any atom is -0.350 e. The smallest absolute Gasteiger partial charge is 0.300 e. The zero-order chi connectivity index (χ0) is 25.8. The second-order valence-corrected chi connectivity index (χ2v) is 8.36. The third-order valence-electron chi connectivity index (χ3n) is 5.63. The fourth-order valence-electron chi connectivity index (χ4n) is 3.95. The predicted octanol–water partition coefficient (Wildman–Crippen LogP) is 4.58. The number of carbonyl (C=O) groups excluding carboxylic acids is 2. The van der Waals surface area contributed by atoms with Crippen molar-refractivity contribution in [1.82, 2.24) is 10.6 Å². The number of hydrogen-bond donors (Lipinski definition) is 3. The van der Waals surface area contributed by atoms with Crippen molar-refractivity contribution in [3.05, 3.63) is 96.6 Å². The predicted molar refractivity (Wildman–Crippen MR) is 147 cm³/mol. The number of anilines is 2. The maximum atomic E-state index is 13.7. The monoisotopic (exact) mass is 485 g/mol. The van der Waals surface area contributed by atoms with E-state index in [1.165, 1.54) is 11.9 Å². The highest BCUT2D eigenvalue weighted by molar-refractivity contribution is 6.25. The van der Waals surface area contributed by atoms with E-state index in [1.807, 2.05) is 91.0 Å². The van der Waals surface area contributed by atoms with Crippen LogP contribution in [0.1, 0.15) is 32.8 Å². The van der Waals surface area contributed by atoms with Gasteiger partial charge in [0.05, 0.1) is 11.4 Å². The first-order valence-corrected chi connectivity index (χ1v) is 12.3. The number of hydrogen-bond acceptors (Lipinski definition) is 5. The number of hydrazone groups is 1. The molecule has 0 radical (unpaired) electrons. The number of rotatable bonds is 9. The van der Waals surface area contributed by atoms with Crippen LogP contribution >= 0.6 is 0 Å². The largest absolute Gasteiger partial charge is 0.350 e. The molecule has 188 valence electrons. The van der Waals surface area contributed by atoms with Gasteiger partial charge in [-0.05, 0) is 55.8 Å². The maximum absolute atomic E-state index is 13.7. The Balaban J connectivity index is 0.000000658. The van der Waals surface area contributed by atoms with E-state index >= 15 is 0 Å². The van der Waals surface area contributed by atoms with Crippen molar-refractivity contribution >= 4 is 28.9 Å². The van der Waals surface area contributed by atoms with Gasteiger partial charge in [0.1, 0.15) is 0 Å². The van der Waals surface area contributed by atoms with Crippen LogP contribution in [0.4, 0.5) is 11.4 Å². The third kappa shape index (κ3) is 6.79. The summed E-state index contributed by atoms with van der Waals surface area (Å²) in [6.07, 6.45) is 1.19. The molecule has 1 aliphatic heterocycles. The summed E-state index contributed by atoms with van der Waals surface area (Å²) in [4.78, 5) is 26.0. The van der Waals surface area contributed by atoms with Crippen LogP contribution in [0.3, 0.4) is 0 Å². The first-order valence-electron chi connectivity index (χ1n) is 12.3. The van der Waals surface area contributed by atoms with Crippen LogP contribution in [0.25, 0.3) is 0 Å². The molecule has 0 spiro atoms. The van der Waals surface area contributed by atoms with Crippen LogP contribution < -0.4 is 21.0 Å². The molecule has 3 aromatic rings. The van der Waals surface area contributed by atoms with Crippen LogP contribution in [0, 0.1) is 0 Å². The molecule has 7 heteroatoms. The van der Waals surface area contributed by atoms with Crippen molar-refractivity contribution in [3.63, 3.8) is 0 Å². The van der Waals surface area contributed by atoms with Crippen LogP contribution in [0.5, 0.6) is 0 Å². The van der Waals surface area contributed by atoms with E-state index in [0.29, 0.717) is 29.9 Å². The average molecular weight is 486 g/mol. The Hall–Kier alpha value is -3.97. The van der Waals surface area contributed by atoms with E-state index in [2.05, 4.69) is 34.9 Å². The van der Waals surface area contributed by atoms with Gasteiger partial charge in [0.15, 0.2) is 0 Å². The first-order chi connectivity index (χ1) is 17.5. The highest BCUT2D eigenvalue weighted by atomic mass is 16.2. The van der Waals surface area contributed by atoms with E-state index in [1.54, 1.807) is 0 Å². The lowest BCUT2D eigenvalue weighted by atomic mass is 9.96. The summed E-state index contributed by atoms with van der Waals surface area (Å²) >= 11 is 0. The van der Waals surface area contributed by atoms with Crippen molar-refractivity contribution in [2.75, 3.05) is 23.4 Å². The zero-order valence-electron chi connectivity index (χ0n) is 21.2. The Bertz CT molecular complexity index is 1130. The molecule has 4 rings (SSSR count). The molecule has 7 nitrogen and oxygen atoms in total. The quantitative estimate of drug-likeness (QED) is 0.387. The molecule has 1 heterocycles. The Kier molecular flexibility index (Phi) is 9.77. The van der Waals surface area contributed by atoms with Gasteiger partial charge in [0.25, 0.3) is 5.91 Å². The number of amides is 2. The van der Waals surface area contributed by atoms with Gasteiger partial charge in [-0.25, -0.2) is 0 Å². The van der Waals surface area contributed by atoms with Gasteiger partial charge in [-0.3, -0.25) is 9.59 Å². The van der Waals surface area contributed by atoms with Gasteiger partial charge < -0.3 is 16.0 Å². The van der Waals surface area contributed by atoms with Gasteiger partial charge in [-0.2, -0.15) is 10.1 Å². The molecule has 0 fully saturated rings. The Morgan fingerprint density at radius 2 is 1.39 bits per heavy atom. The van der Waals surface area contributed by atoms with E-state index in [4.69, 9.17) is 0 Å². The number of aryl methyl sites for hydroxylation is 1. The van der Waals surface area contributed by atoms with Crippen LogP contribution in [-0.2, 0) is 16.0 Å². The zero-order valence-corrected chi connectivity index (χ0v) is 21.2. The molecule has 0 aromatic heterocycles. The first kappa shape index (κ1) is 26.6. The second-order valence-electron chi connectivity index (χ2n) is 8.36. The molecule has 2 amide bonds. The number of para-hydroxylation sites is 2. The molecule has 0 saturated carbocycles. The van der Waals surface area contributed by atoms with E-state index in [9.17, 15) is 9.59 Å². The fourth-order valence-corrected chi connectivity index (χ4v) is 3.95. The fraction of sp³-hybridized carbons (Fsp3) is 0.276. The van der Waals surface area contributed by atoms with Crippen LogP contribution in [0.15, 0.2) is 96.1 Å². The molecule has 3 N–H and O–H groups in total. The molecular weight excluding hydrogens is 450 g/mol. The minimum atomic E-state index is -1.46. The SMILES string of the molecule is CC(=O)NC1(Nc2ccccc2)C(=O)N(c2ccccc2)N=C1CCc1ccccc1.CCNCC. The highest BCUT2D eigenvalue weighted by Crippen LogP contribution is 2.30. The lowest BCUT2D eigenvalue weighted by Crippen LogP contribution is -2.64. The lowest BCUT2D eigenvalue weighted by molar-refractivity contribution is -0.127. The van der Waals surface area contributed by atoms with E-state index in [0.717, 1.165) is 18.7 Å². The van der Waals surface area contributed by atoms with Crippen LogP contribution in [-0.4, -0.2) is 36.3 Å². The van der Waals surface area contributed by atoms with E-state index < -0.39 is 5.66 Å². The Labute approximate surface area is 213 Å². The number of nitrogens with zero attached hydrogens (tertiary/aromatic N) is 2. The number of carbonyl (C=O) groups is 2. The summed E-state index contributed by atoms with van der Waals surface area (Å²) in [5.74, 6) is -0.667. The summed E-state index contributed by atoms with van der Waals surface area (Å²) in [5, 5.41) is 15.3. The average Bonchev–Trinajstić information content (AvgIpc) is 3.15. The van der Waals surface area contributed by atoms with Gasteiger partial charge in [-0.15, -0.1) is 0 Å². The van der Waals surface area contributed by atoms with Gasteiger partial charge in [-0.1, -0.05) is 80.6 Å². The van der Waals surface area contributed by atoms with Crippen molar-refractivity contribution in [1.29, 1.82) is 0 Å². The van der Waals surface area contributed by atoms with Crippen molar-refractivity contribution in [3.8, 4) is 0 Å². The summed E-state index contributed by atoms with van der Waals surface area (Å²) in [6, 6.07) is 28.6. The summed E-state index contributed by atoms with van der Waals surface area (Å²) in [5.41, 5.74) is 1.59. The topological polar surface area (TPSA) is 85.8 Å². The molecule has 36 heavy (non-hydrogen) atoms. The van der Waals surface area contributed by atoms with Crippen LogP contribution in [0.2, 0.25) is 0 Å². The Morgan fingerprint density at radius 1 is 0.833 bits per heavy atom. The maximum Gasteiger partial charge on any atom is 0.300 e. The lowest BCUT2D eigenvalue weighted by Gasteiger charge is -2.32. The van der Waals surface area contributed by atoms with Gasteiger partial charge in [0.2, 0.25) is 11.6 Å². The number of benzene rings is 3. The molecule has 1 atom stereocenters. The van der Waals surface area contributed by atoms with Gasteiger partial charge >= 0.3 is 0 Å². The summed E-state index contributed by atoms with van der Waals surface area (Å²) in [7, 11) is 0. The number of nitrogens with one attached hydrogen (secondary N) is 3. The third-order valence-corrected chi connectivity index (χ3v) is 5.63. The van der Waals surface area contributed by atoms with Crippen molar-refractivity contribution < 1.29 is 9.59 Å². The molecule has 3 aromatic carbocycles. The van der Waals surface area contributed by atoms with Crippen molar-refractivity contribution in [2.45, 2.75) is 39.3 Å². The second kappa shape index (κ2) is 13.2. The molecule has 1 aliphatic rings. The standard InChI is InChI=1S/C25H24N4O2.C4H11N/c1-19(30)26-25(27-21-13-7-3-8-14-21)23(18-17-20-11-5-2-6-12-20)28-29(24(25)31)22-15-9-4-10-16-22;1-3-5-4-2/h2-16,27H,17-18H2,1H3,(H,26,30);5H,3-4H2,1-2H3. The molecule has 0 aliphatic carbocycles. The molecule has 0 bridgehead atoms. The normalized spacial score (nSPS) is 16.6. The molecular formula is C29H35N5O2. The Morgan fingerprint density at radius 3 is 1.92 bits per heavy atom. The minimum absolute atomic E-state index is 0.320. The highest BCUT2D eigenvalue weighted by Gasteiger charge is 2.52. The molecule has 1 unspecified atom stereocenters. The van der Waals surface area contributed by atoms with Gasteiger partial charge in [0, 0.05) is 12.6 Å². The molecule has 0 saturated heterocycles. The van der Waals surface area contributed by atoms with Crippen molar-refractivity contribution in [2.24, 2.45) is 5.10 Å². The summed E-state index contributed by atoms with van der Waals surface area (Å²) < 4.78 is 0. The van der Waals surface area contributed by atoms with E-state index in [-0.39, 0.29) is 11.8 Å².